The minimum atomic E-state index is -5.06. The van der Waals surface area contributed by atoms with Crippen LogP contribution in [0.1, 0.15) is 99.0 Å². The monoisotopic (exact) mass is 1420 g/mol. The average molecular weight is 1420 g/mol. The zero-order chi connectivity index (χ0) is 75.7. The van der Waals surface area contributed by atoms with Gasteiger partial charge in [0.15, 0.2) is 0 Å². The lowest BCUT2D eigenvalue weighted by atomic mass is 10.0. The standard InChI is InChI=1S/C33H25F6N3O3.C16H14O4.C9H4F6O.C8H10N2O.C2H5NO2.C2H4O2/c1-44-26-11-7-20(8-12-26)28-29(21-9-13-27(45-2)14-10-21)42(18-19-3-5-22(6-4-19)30(40)43)31(41-28)23-15-24(32(34,35)36)17-25(16-23)33(37,38)39;1-19-13-7-3-11(4-8-13)15(17)16(18)12-5-9-14(20-2)10-6-12;10-8(11,12)6-1-5(4-16)2-7(3-6)9(13,14)15;9-5-6-1-3-7(4-2-6)8(10)11;1-2(4)5-3;1-2(3)4/h3-17H,18H2,1-2H3,(H2,40,43);3-10H,1-2H3;1-4H;1-4H,5,9H2,(H2,10,11);3H2,1H3;1H3,(H,3,4). The molecule has 0 aliphatic carbocycles. The van der Waals surface area contributed by atoms with Crippen LogP contribution < -0.4 is 42.0 Å². The molecule has 0 radical (unpaired) electrons. The number of carboxylic acid groups (broad SMARTS) is 1. The number of alkyl halides is 12. The Morgan fingerprint density at radius 3 is 1.04 bits per heavy atom. The second-order valence-corrected chi connectivity index (χ2v) is 20.5. The van der Waals surface area contributed by atoms with Crippen LogP contribution in [0, 0.1) is 0 Å². The highest BCUT2D eigenvalue weighted by Crippen LogP contribution is 2.43. The first kappa shape index (κ1) is 81.6. The Labute approximate surface area is 567 Å². The average Bonchev–Trinajstić information content (AvgIpc) is 1.61. The molecule has 9 rings (SSSR count). The molecule has 0 aliphatic rings. The van der Waals surface area contributed by atoms with Crippen LogP contribution in [-0.2, 0) is 52.2 Å². The molecular formula is C70H62F12N6O13. The van der Waals surface area contributed by atoms with Gasteiger partial charge in [0.1, 0.15) is 35.1 Å². The number of ether oxygens (including phenoxy) is 4. The summed E-state index contributed by atoms with van der Waals surface area (Å²) in [5, 5.41) is 7.42. The minimum absolute atomic E-state index is 0.0313. The molecule has 19 nitrogen and oxygen atoms in total. The molecule has 0 fully saturated rings. The molecule has 0 spiro atoms. The van der Waals surface area contributed by atoms with Gasteiger partial charge in [-0.3, -0.25) is 33.6 Å². The Morgan fingerprint density at radius 1 is 0.455 bits per heavy atom. The van der Waals surface area contributed by atoms with Crippen LogP contribution >= 0.6 is 0 Å². The summed E-state index contributed by atoms with van der Waals surface area (Å²) < 4.78 is 179. The number of carboxylic acids is 1. The molecule has 8 aromatic carbocycles. The summed E-state index contributed by atoms with van der Waals surface area (Å²) >= 11 is 0. The second-order valence-electron chi connectivity index (χ2n) is 20.5. The van der Waals surface area contributed by atoms with Crippen LogP contribution in [0.15, 0.2) is 182 Å². The van der Waals surface area contributed by atoms with Crippen LogP contribution in [0.5, 0.6) is 23.0 Å². The lowest BCUT2D eigenvalue weighted by Gasteiger charge is -2.17. The van der Waals surface area contributed by atoms with Crippen molar-refractivity contribution in [1.29, 1.82) is 0 Å². The molecule has 0 aliphatic heterocycles. The van der Waals surface area contributed by atoms with Gasteiger partial charge < -0.3 is 50.7 Å². The van der Waals surface area contributed by atoms with Crippen molar-refractivity contribution in [3.8, 4) is 56.9 Å². The van der Waals surface area contributed by atoms with Gasteiger partial charge >= 0.3 is 30.7 Å². The SMILES string of the molecule is CC(=O)O.CC(=O)ON.COc1ccc(-c2nc(-c3cc(C(F)(F)F)cc(C(F)(F)F)c3)n(Cc3ccc(C(N)=O)cc3)c2-c2ccc(OC)cc2)cc1.COc1ccc(C(=O)C(=O)c2ccc(OC)cc2)cc1.NCc1ccc(C(N)=O)cc1.O=Cc1cc(C(F)(F)F)cc(C(F)(F)F)c1. The zero-order valence-electron chi connectivity index (χ0n) is 53.9. The lowest BCUT2D eigenvalue weighted by Crippen LogP contribution is -2.14. The number of amides is 2. The van der Waals surface area contributed by atoms with E-state index >= 15 is 0 Å². The highest BCUT2D eigenvalue weighted by molar-refractivity contribution is 6.49. The van der Waals surface area contributed by atoms with Crippen LogP contribution in [0.3, 0.4) is 0 Å². The van der Waals surface area contributed by atoms with Crippen molar-refractivity contribution in [2.75, 3.05) is 28.4 Å². The number of Topliss-reactive ketones (excluding diaryl/α,β-unsaturated/α-hetero) is 2. The lowest BCUT2D eigenvalue weighted by molar-refractivity contribution is -0.144. The van der Waals surface area contributed by atoms with E-state index in [0.29, 0.717) is 98.6 Å². The van der Waals surface area contributed by atoms with Crippen molar-refractivity contribution in [3.63, 3.8) is 0 Å². The number of hydrogen-bond acceptors (Lipinski definition) is 15. The van der Waals surface area contributed by atoms with Gasteiger partial charge in [-0.15, -0.1) is 0 Å². The predicted molar refractivity (Wildman–Crippen MR) is 344 cm³/mol. The van der Waals surface area contributed by atoms with Crippen LogP contribution in [0.4, 0.5) is 52.7 Å². The summed E-state index contributed by atoms with van der Waals surface area (Å²) in [7, 11) is 6.06. The minimum Gasteiger partial charge on any atom is -0.497 e. The first-order chi connectivity index (χ1) is 47.3. The van der Waals surface area contributed by atoms with Crippen molar-refractivity contribution >= 4 is 41.6 Å². The van der Waals surface area contributed by atoms with E-state index < -0.39 is 87.8 Å². The number of imidazole rings is 1. The van der Waals surface area contributed by atoms with E-state index in [4.69, 9.17) is 51.0 Å². The summed E-state index contributed by atoms with van der Waals surface area (Å²) in [5.41, 5.74) is 13.6. The number of aliphatic carboxylic acids is 1. The van der Waals surface area contributed by atoms with Crippen molar-refractivity contribution in [2.45, 2.75) is 51.6 Å². The molecular weight excluding hydrogens is 1360 g/mol. The number of benzene rings is 8. The topological polar surface area (TPSA) is 308 Å². The second kappa shape index (κ2) is 36.6. The fourth-order valence-electron chi connectivity index (χ4n) is 8.46. The van der Waals surface area contributed by atoms with E-state index in [1.807, 2.05) is 0 Å². The van der Waals surface area contributed by atoms with Crippen molar-refractivity contribution in [3.05, 3.63) is 243 Å². The number of nitrogens with two attached hydrogens (primary N) is 4. The predicted octanol–water partition coefficient (Wildman–Crippen LogP) is 14.2. The van der Waals surface area contributed by atoms with Gasteiger partial charge in [-0.2, -0.15) is 58.6 Å². The van der Waals surface area contributed by atoms with Crippen molar-refractivity contribution in [2.24, 2.45) is 23.1 Å². The maximum Gasteiger partial charge on any atom is 0.416 e. The third-order valence-corrected chi connectivity index (χ3v) is 13.4. The maximum atomic E-state index is 13.9. The fourth-order valence-corrected chi connectivity index (χ4v) is 8.46. The first-order valence-corrected chi connectivity index (χ1v) is 28.7. The number of halogens is 12. The summed E-state index contributed by atoms with van der Waals surface area (Å²) in [4.78, 5) is 83.4. The van der Waals surface area contributed by atoms with E-state index in [2.05, 4.69) is 10.7 Å². The van der Waals surface area contributed by atoms with Crippen LogP contribution in [0.2, 0.25) is 0 Å². The third-order valence-electron chi connectivity index (χ3n) is 13.4. The number of nitrogens with zero attached hydrogens (tertiary/aromatic N) is 2. The van der Waals surface area contributed by atoms with Gasteiger partial charge in [0.05, 0.1) is 62.1 Å². The molecule has 0 saturated heterocycles. The molecule has 31 heteroatoms. The molecule has 1 heterocycles. The van der Waals surface area contributed by atoms with Gasteiger partial charge in [-0.05, 0) is 169 Å². The van der Waals surface area contributed by atoms with Crippen LogP contribution in [-0.4, -0.2) is 84.7 Å². The number of primary amides is 2. The van der Waals surface area contributed by atoms with E-state index in [1.165, 1.54) is 33.3 Å². The highest BCUT2D eigenvalue weighted by atomic mass is 19.4. The molecule has 0 bridgehead atoms. The number of aromatic nitrogens is 2. The quantitative estimate of drug-likeness (QED) is 0.0197. The molecule has 534 valence electrons. The maximum absolute atomic E-state index is 13.9. The number of aldehydes is 1. The van der Waals surface area contributed by atoms with E-state index in [-0.39, 0.29) is 41.9 Å². The normalized spacial score (nSPS) is 10.9. The molecule has 0 unspecified atom stereocenters. The van der Waals surface area contributed by atoms with Crippen molar-refractivity contribution < 1.29 is 115 Å². The van der Waals surface area contributed by atoms with E-state index in [0.717, 1.165) is 12.5 Å². The summed E-state index contributed by atoms with van der Waals surface area (Å²) in [6.45, 7) is 2.77. The Kier molecular flexibility index (Phi) is 29.6. The van der Waals surface area contributed by atoms with Gasteiger partial charge in [0.25, 0.3) is 5.97 Å². The number of hydrogen-bond donors (Lipinski definition) is 5. The third kappa shape index (κ3) is 24.9. The van der Waals surface area contributed by atoms with Crippen molar-refractivity contribution in [1.82, 2.24) is 9.55 Å². The number of ketones is 2. The zero-order valence-corrected chi connectivity index (χ0v) is 53.9. The smallest absolute Gasteiger partial charge is 0.416 e. The Balaban J connectivity index is 0.000000316. The number of methoxy groups -OCH3 is 4. The van der Waals surface area contributed by atoms with Crippen LogP contribution in [0.25, 0.3) is 33.9 Å². The summed E-state index contributed by atoms with van der Waals surface area (Å²) in [6.07, 6.45) is -20.0. The molecule has 9 N–H and O–H groups in total. The summed E-state index contributed by atoms with van der Waals surface area (Å²) in [5.74, 6) is 3.07. The van der Waals surface area contributed by atoms with Gasteiger partial charge in [0.2, 0.25) is 23.4 Å². The largest absolute Gasteiger partial charge is 0.497 e. The van der Waals surface area contributed by atoms with Gasteiger partial charge in [0, 0.05) is 71.4 Å². The Hall–Kier alpha value is -11.9. The summed E-state index contributed by atoms with van der Waals surface area (Å²) in [6, 6.07) is 41.5. The van der Waals surface area contributed by atoms with E-state index in [9.17, 15) is 81.5 Å². The number of carbonyl (C=O) groups is 7. The Bertz CT molecular complexity index is 4150. The fraction of sp³-hybridized carbons (Fsp3) is 0.171. The Morgan fingerprint density at radius 2 is 0.752 bits per heavy atom. The molecule has 9 aromatic rings. The van der Waals surface area contributed by atoms with Gasteiger partial charge in [-0.25, -0.2) is 4.98 Å². The highest BCUT2D eigenvalue weighted by Gasteiger charge is 2.39. The van der Waals surface area contributed by atoms with Gasteiger partial charge in [-0.1, -0.05) is 24.3 Å². The molecule has 2 amide bonds. The molecule has 101 heavy (non-hydrogen) atoms. The number of rotatable bonds is 16. The first-order valence-electron chi connectivity index (χ1n) is 28.7. The number of carbonyl (C=O) groups excluding carboxylic acids is 6. The molecule has 0 saturated carbocycles. The molecule has 1 aromatic heterocycles. The molecule has 0 atom stereocenters. The van der Waals surface area contributed by atoms with E-state index in [1.54, 1.807) is 152 Å².